The van der Waals surface area contributed by atoms with Crippen LogP contribution in [0, 0.1) is 6.92 Å². The van der Waals surface area contributed by atoms with Crippen molar-refractivity contribution in [1.29, 1.82) is 0 Å². The molecule has 0 unspecified atom stereocenters. The van der Waals surface area contributed by atoms with E-state index in [2.05, 4.69) is 29.1 Å². The Kier molecular flexibility index (Phi) is 5.98. The van der Waals surface area contributed by atoms with Crippen molar-refractivity contribution in [1.82, 2.24) is 9.97 Å². The lowest BCUT2D eigenvalue weighted by atomic mass is 9.99. The van der Waals surface area contributed by atoms with E-state index in [0.717, 1.165) is 17.5 Å². The van der Waals surface area contributed by atoms with Gasteiger partial charge in [-0.1, -0.05) is 32.0 Å². The highest BCUT2D eigenvalue weighted by Crippen LogP contribution is 2.30. The summed E-state index contributed by atoms with van der Waals surface area (Å²) in [7, 11) is 0. The Morgan fingerprint density at radius 3 is 2.68 bits per heavy atom. The van der Waals surface area contributed by atoms with Gasteiger partial charge in [0.1, 0.15) is 5.75 Å². The fraction of sp³-hybridized carbons (Fsp3) is 0.240. The van der Waals surface area contributed by atoms with E-state index in [1.54, 1.807) is 12.3 Å². The zero-order valence-electron chi connectivity index (χ0n) is 17.9. The van der Waals surface area contributed by atoms with Gasteiger partial charge in [0.15, 0.2) is 17.8 Å². The number of carbonyl (C=O) groups is 1. The number of fused-ring (bicyclic) bond motifs is 1. The van der Waals surface area contributed by atoms with Crippen LogP contribution >= 0.6 is 0 Å². The second-order valence-electron chi connectivity index (χ2n) is 7.54. The van der Waals surface area contributed by atoms with Gasteiger partial charge < -0.3 is 14.5 Å². The smallest absolute Gasteiger partial charge is 0.262 e. The number of pyridine rings is 1. The Labute approximate surface area is 181 Å². The minimum Gasteiger partial charge on any atom is -0.484 e. The third-order valence-electron chi connectivity index (χ3n) is 5.43. The van der Waals surface area contributed by atoms with Crippen molar-refractivity contribution < 1.29 is 13.9 Å². The van der Waals surface area contributed by atoms with Gasteiger partial charge in [0.05, 0.1) is 0 Å². The molecule has 0 fully saturated rings. The predicted octanol–water partition coefficient (Wildman–Crippen LogP) is 5.73. The molecular weight excluding hydrogens is 390 g/mol. The van der Waals surface area contributed by atoms with Gasteiger partial charge in [-0.25, -0.2) is 4.98 Å². The first kappa shape index (κ1) is 20.6. The number of aromatic nitrogens is 2. The van der Waals surface area contributed by atoms with Crippen LogP contribution in [0.2, 0.25) is 0 Å². The minimum atomic E-state index is -0.231. The summed E-state index contributed by atoms with van der Waals surface area (Å²) in [4.78, 5) is 21.1. The van der Waals surface area contributed by atoms with Gasteiger partial charge in [-0.2, -0.15) is 4.98 Å². The summed E-state index contributed by atoms with van der Waals surface area (Å²) >= 11 is 0. The third-order valence-corrected chi connectivity index (χ3v) is 5.43. The number of anilines is 1. The summed E-state index contributed by atoms with van der Waals surface area (Å²) in [5.41, 5.74) is 4.80. The zero-order chi connectivity index (χ0) is 21.8. The van der Waals surface area contributed by atoms with Crippen molar-refractivity contribution in [2.45, 2.75) is 33.1 Å². The van der Waals surface area contributed by atoms with Gasteiger partial charge in [-0.3, -0.25) is 4.79 Å². The largest absolute Gasteiger partial charge is 0.484 e. The van der Waals surface area contributed by atoms with E-state index in [1.165, 1.54) is 5.56 Å². The van der Waals surface area contributed by atoms with Crippen LogP contribution in [0.4, 0.5) is 5.69 Å². The van der Waals surface area contributed by atoms with Crippen LogP contribution in [0.3, 0.4) is 0 Å². The number of nitrogens with one attached hydrogen (secondary N) is 1. The molecule has 4 rings (SSSR count). The first-order valence-corrected chi connectivity index (χ1v) is 10.4. The molecule has 1 N–H and O–H groups in total. The molecule has 0 aliphatic carbocycles. The molecule has 31 heavy (non-hydrogen) atoms. The maximum absolute atomic E-state index is 12.5. The quantitative estimate of drug-likeness (QED) is 0.417. The van der Waals surface area contributed by atoms with Gasteiger partial charge >= 0.3 is 0 Å². The normalized spacial score (nSPS) is 12.0. The summed E-state index contributed by atoms with van der Waals surface area (Å²) in [5, 5.41) is 2.91. The molecule has 0 saturated carbocycles. The standard InChI is InChI=1S/C25H25N3O3/c1-4-16(2)18-10-12-19(13-11-18)30-15-23(29)27-21-8-5-7-20(17(21)3)25-28-24-22(31-25)9-6-14-26-24/h5-14,16H,4,15H2,1-3H3,(H,27,29)/t16-/m1/s1. The predicted molar refractivity (Wildman–Crippen MR) is 121 cm³/mol. The van der Waals surface area contributed by atoms with Gasteiger partial charge in [0, 0.05) is 17.4 Å². The number of ether oxygens (including phenoxy) is 1. The molecule has 6 heteroatoms. The molecule has 4 aromatic rings. The van der Waals surface area contributed by atoms with Crippen molar-refractivity contribution in [3.8, 4) is 17.2 Å². The average molecular weight is 415 g/mol. The van der Waals surface area contributed by atoms with Crippen LogP contribution < -0.4 is 10.1 Å². The van der Waals surface area contributed by atoms with E-state index >= 15 is 0 Å². The topological polar surface area (TPSA) is 77.2 Å². The molecule has 1 atom stereocenters. The Bertz CT molecular complexity index is 1170. The van der Waals surface area contributed by atoms with E-state index < -0.39 is 0 Å². The highest BCUT2D eigenvalue weighted by molar-refractivity contribution is 5.93. The fourth-order valence-electron chi connectivity index (χ4n) is 3.35. The van der Waals surface area contributed by atoms with Crippen molar-refractivity contribution in [3.63, 3.8) is 0 Å². The summed E-state index contributed by atoms with van der Waals surface area (Å²) in [6.07, 6.45) is 2.76. The fourth-order valence-corrected chi connectivity index (χ4v) is 3.35. The van der Waals surface area contributed by atoms with Gasteiger partial charge in [0.2, 0.25) is 5.89 Å². The van der Waals surface area contributed by atoms with Crippen LogP contribution in [0.5, 0.6) is 5.75 Å². The zero-order valence-corrected chi connectivity index (χ0v) is 17.9. The first-order chi connectivity index (χ1) is 15.0. The molecule has 2 aromatic heterocycles. The van der Waals surface area contributed by atoms with Crippen LogP contribution in [0.15, 0.2) is 65.2 Å². The molecule has 0 aliphatic heterocycles. The number of oxazole rings is 1. The summed E-state index contributed by atoms with van der Waals surface area (Å²) in [5.74, 6) is 1.42. The SMILES string of the molecule is CC[C@@H](C)c1ccc(OCC(=O)Nc2cccc(-c3nc4ncccc4o3)c2C)cc1. The van der Waals surface area contributed by atoms with E-state index in [1.807, 2.05) is 55.5 Å². The Morgan fingerprint density at radius 1 is 1.13 bits per heavy atom. The molecule has 1 amide bonds. The van der Waals surface area contributed by atoms with Crippen LogP contribution in [-0.2, 0) is 4.79 Å². The van der Waals surface area contributed by atoms with E-state index in [0.29, 0.717) is 34.5 Å². The molecule has 0 radical (unpaired) electrons. The van der Waals surface area contributed by atoms with Crippen molar-refractivity contribution in [3.05, 3.63) is 71.9 Å². The maximum atomic E-state index is 12.5. The molecule has 158 valence electrons. The molecule has 0 saturated heterocycles. The van der Waals surface area contributed by atoms with Crippen LogP contribution in [0.1, 0.15) is 37.3 Å². The molecule has 0 spiro atoms. The summed E-state index contributed by atoms with van der Waals surface area (Å²) in [6, 6.07) is 17.1. The summed E-state index contributed by atoms with van der Waals surface area (Å²) in [6.45, 7) is 6.20. The van der Waals surface area contributed by atoms with Crippen molar-refractivity contribution >= 4 is 22.8 Å². The molecule has 2 heterocycles. The molecule has 6 nitrogen and oxygen atoms in total. The first-order valence-electron chi connectivity index (χ1n) is 10.4. The van der Waals surface area contributed by atoms with Crippen molar-refractivity contribution in [2.75, 3.05) is 11.9 Å². The number of nitrogens with zero attached hydrogens (tertiary/aromatic N) is 2. The van der Waals surface area contributed by atoms with E-state index in [-0.39, 0.29) is 12.5 Å². The molecule has 0 bridgehead atoms. The Balaban J connectivity index is 1.43. The number of hydrogen-bond donors (Lipinski definition) is 1. The van der Waals surface area contributed by atoms with Gasteiger partial charge in [-0.15, -0.1) is 0 Å². The summed E-state index contributed by atoms with van der Waals surface area (Å²) < 4.78 is 11.5. The number of hydrogen-bond acceptors (Lipinski definition) is 5. The second kappa shape index (κ2) is 9.00. The number of carbonyl (C=O) groups excluding carboxylic acids is 1. The monoisotopic (exact) mass is 415 g/mol. The number of amides is 1. The molecule has 0 aliphatic rings. The molecular formula is C25H25N3O3. The Morgan fingerprint density at radius 2 is 1.94 bits per heavy atom. The number of rotatable bonds is 7. The lowest BCUT2D eigenvalue weighted by Crippen LogP contribution is -2.20. The second-order valence-corrected chi connectivity index (χ2v) is 7.54. The highest BCUT2D eigenvalue weighted by Gasteiger charge is 2.14. The number of benzene rings is 2. The Hall–Kier alpha value is -3.67. The van der Waals surface area contributed by atoms with E-state index in [9.17, 15) is 4.79 Å². The molecule has 2 aromatic carbocycles. The van der Waals surface area contributed by atoms with Gasteiger partial charge in [0.25, 0.3) is 5.91 Å². The van der Waals surface area contributed by atoms with Crippen molar-refractivity contribution in [2.24, 2.45) is 0 Å². The van der Waals surface area contributed by atoms with Crippen LogP contribution in [-0.4, -0.2) is 22.5 Å². The highest BCUT2D eigenvalue weighted by atomic mass is 16.5. The minimum absolute atomic E-state index is 0.0703. The lowest BCUT2D eigenvalue weighted by Gasteiger charge is -2.12. The maximum Gasteiger partial charge on any atom is 0.262 e. The van der Waals surface area contributed by atoms with E-state index in [4.69, 9.17) is 9.15 Å². The lowest BCUT2D eigenvalue weighted by molar-refractivity contribution is -0.118. The third kappa shape index (κ3) is 4.58. The van der Waals surface area contributed by atoms with Crippen LogP contribution in [0.25, 0.3) is 22.7 Å². The average Bonchev–Trinajstić information content (AvgIpc) is 3.23. The van der Waals surface area contributed by atoms with Gasteiger partial charge in [-0.05, 0) is 66.8 Å².